The number of β-amino-alcohol motifs (C(OH)–C–C–N with tert-alkyl or cyclic N) is 1. The smallest absolute Gasteiger partial charge is 0.317 e. The molecule has 3 aromatic rings. The fourth-order valence-corrected chi connectivity index (χ4v) is 5.62. The largest absolute Gasteiger partial charge is 0.490 e. The average molecular weight is 490 g/mol. The molecule has 2 heterocycles. The molecule has 8 nitrogen and oxygen atoms in total. The molecule has 0 radical (unpaired) electrons. The number of benzene rings is 2. The van der Waals surface area contributed by atoms with Crippen LogP contribution in [0.1, 0.15) is 49.4 Å². The van der Waals surface area contributed by atoms with Crippen molar-refractivity contribution < 1.29 is 14.6 Å². The number of fused-ring (bicyclic) bond motifs is 1. The second-order valence-electron chi connectivity index (χ2n) is 9.20. The molecule has 1 saturated heterocycles. The van der Waals surface area contributed by atoms with E-state index in [1.165, 1.54) is 16.9 Å². The van der Waals surface area contributed by atoms with Crippen LogP contribution in [0.15, 0.2) is 36.4 Å². The number of aromatic nitrogens is 2. The zero-order valence-corrected chi connectivity index (χ0v) is 20.5. The van der Waals surface area contributed by atoms with Gasteiger partial charge in [0.25, 0.3) is 0 Å². The SMILES string of the molecule is CC(C)Oc1ccc(-c2nnc(-c3cccc4c3CC[C@H]4NC(=O)N3CC[C@H](O)C3)s2)cc1C#N. The van der Waals surface area contributed by atoms with E-state index in [2.05, 4.69) is 27.6 Å². The Bertz CT molecular complexity index is 1300. The number of carbonyl (C=O) groups excluding carboxylic acids is 1. The first-order valence-corrected chi connectivity index (χ1v) is 12.6. The van der Waals surface area contributed by atoms with Gasteiger partial charge in [-0.3, -0.25) is 0 Å². The highest BCUT2D eigenvalue weighted by Crippen LogP contribution is 2.40. The van der Waals surface area contributed by atoms with Gasteiger partial charge in [-0.1, -0.05) is 29.5 Å². The van der Waals surface area contributed by atoms with Crippen LogP contribution in [0.2, 0.25) is 0 Å². The van der Waals surface area contributed by atoms with Crippen molar-refractivity contribution in [3.63, 3.8) is 0 Å². The number of rotatable bonds is 5. The average Bonchev–Trinajstić information content (AvgIpc) is 3.59. The van der Waals surface area contributed by atoms with Gasteiger partial charge in [0.1, 0.15) is 21.8 Å². The molecule has 0 saturated carbocycles. The minimum atomic E-state index is -0.432. The number of likely N-dealkylation sites (tertiary alicyclic amines) is 1. The van der Waals surface area contributed by atoms with Gasteiger partial charge >= 0.3 is 6.03 Å². The Morgan fingerprint density at radius 2 is 2.09 bits per heavy atom. The van der Waals surface area contributed by atoms with Crippen molar-refractivity contribution >= 4 is 17.4 Å². The Labute approximate surface area is 208 Å². The highest BCUT2D eigenvalue weighted by atomic mass is 32.1. The van der Waals surface area contributed by atoms with Gasteiger partial charge in [0.15, 0.2) is 0 Å². The van der Waals surface area contributed by atoms with Gasteiger partial charge in [-0.05, 0) is 62.4 Å². The third kappa shape index (κ3) is 4.72. The molecule has 1 aliphatic carbocycles. The molecule has 2 aromatic carbocycles. The molecule has 1 fully saturated rings. The maximum Gasteiger partial charge on any atom is 0.317 e. The predicted molar refractivity (Wildman–Crippen MR) is 133 cm³/mol. The second-order valence-corrected chi connectivity index (χ2v) is 10.2. The Kier molecular flexibility index (Phi) is 6.41. The number of carbonyl (C=O) groups is 1. The van der Waals surface area contributed by atoms with E-state index >= 15 is 0 Å². The maximum absolute atomic E-state index is 12.7. The van der Waals surface area contributed by atoms with Gasteiger partial charge in [-0.25, -0.2) is 4.79 Å². The van der Waals surface area contributed by atoms with Crippen LogP contribution in [-0.2, 0) is 6.42 Å². The molecule has 180 valence electrons. The van der Waals surface area contributed by atoms with Gasteiger partial charge < -0.3 is 20.1 Å². The standard InChI is InChI=1S/C26H27N5O3S/c1-15(2)34-23-9-6-16(12-17(23)13-27)24-29-30-25(35-24)21-5-3-4-20-19(21)7-8-22(20)28-26(33)31-11-10-18(32)14-31/h3-6,9,12,15,18,22,32H,7-8,10-11,14H2,1-2H3,(H,28,33)/t18-,22+/m0/s1. The van der Waals surface area contributed by atoms with Gasteiger partial charge in [-0.2, -0.15) is 5.26 Å². The van der Waals surface area contributed by atoms with E-state index in [1.54, 1.807) is 11.0 Å². The number of ether oxygens (including phenoxy) is 1. The lowest BCUT2D eigenvalue weighted by Crippen LogP contribution is -2.40. The summed E-state index contributed by atoms with van der Waals surface area (Å²) in [6.07, 6.45) is 1.84. The summed E-state index contributed by atoms with van der Waals surface area (Å²) in [5.41, 5.74) is 4.61. The van der Waals surface area contributed by atoms with Crippen molar-refractivity contribution in [1.29, 1.82) is 5.26 Å². The highest BCUT2D eigenvalue weighted by Gasteiger charge is 2.31. The van der Waals surface area contributed by atoms with Crippen LogP contribution in [0.5, 0.6) is 5.75 Å². The minimum Gasteiger partial charge on any atom is -0.490 e. The normalized spacial score (nSPS) is 19.0. The van der Waals surface area contributed by atoms with Crippen LogP contribution < -0.4 is 10.1 Å². The Morgan fingerprint density at radius 3 is 2.83 bits per heavy atom. The quantitative estimate of drug-likeness (QED) is 0.553. The summed E-state index contributed by atoms with van der Waals surface area (Å²) >= 11 is 1.48. The molecule has 35 heavy (non-hydrogen) atoms. The van der Waals surface area contributed by atoms with Crippen molar-refractivity contribution in [2.45, 2.75) is 51.4 Å². The zero-order valence-electron chi connectivity index (χ0n) is 19.7. The predicted octanol–water partition coefficient (Wildman–Crippen LogP) is 4.29. The van der Waals surface area contributed by atoms with Crippen molar-refractivity contribution in [2.75, 3.05) is 13.1 Å². The summed E-state index contributed by atoms with van der Waals surface area (Å²) in [6.45, 7) is 4.82. The highest BCUT2D eigenvalue weighted by molar-refractivity contribution is 7.17. The summed E-state index contributed by atoms with van der Waals surface area (Å²) in [5.74, 6) is 0.563. The van der Waals surface area contributed by atoms with E-state index in [0.717, 1.165) is 39.5 Å². The number of aliphatic hydroxyl groups excluding tert-OH is 1. The molecular weight excluding hydrogens is 462 g/mol. The minimum absolute atomic E-state index is 0.0168. The van der Waals surface area contributed by atoms with E-state index in [4.69, 9.17) is 4.74 Å². The third-order valence-corrected chi connectivity index (χ3v) is 7.39. The molecule has 1 aromatic heterocycles. The zero-order chi connectivity index (χ0) is 24.5. The van der Waals surface area contributed by atoms with E-state index < -0.39 is 6.10 Å². The summed E-state index contributed by atoms with van der Waals surface area (Å²) in [7, 11) is 0. The summed E-state index contributed by atoms with van der Waals surface area (Å²) < 4.78 is 5.73. The van der Waals surface area contributed by atoms with Crippen LogP contribution in [0, 0.1) is 11.3 Å². The molecule has 1 aliphatic heterocycles. The summed E-state index contributed by atoms with van der Waals surface area (Å²) in [4.78, 5) is 14.3. The topological polar surface area (TPSA) is 111 Å². The van der Waals surface area contributed by atoms with E-state index in [-0.39, 0.29) is 18.2 Å². The number of nitrogens with zero attached hydrogens (tertiary/aromatic N) is 4. The number of nitrogens with one attached hydrogen (secondary N) is 1. The number of urea groups is 1. The monoisotopic (exact) mass is 489 g/mol. The number of amides is 2. The lowest BCUT2D eigenvalue weighted by molar-refractivity contribution is 0.170. The van der Waals surface area contributed by atoms with Crippen LogP contribution >= 0.6 is 11.3 Å². The fraction of sp³-hybridized carbons (Fsp3) is 0.385. The first-order chi connectivity index (χ1) is 16.9. The van der Waals surface area contributed by atoms with Gasteiger partial charge in [0.05, 0.1) is 23.8 Å². The number of hydrogen-bond donors (Lipinski definition) is 2. The molecule has 9 heteroatoms. The fourth-order valence-electron chi connectivity index (χ4n) is 4.73. The molecule has 2 N–H and O–H groups in total. The lowest BCUT2D eigenvalue weighted by atomic mass is 10.0. The van der Waals surface area contributed by atoms with Gasteiger partial charge in [0.2, 0.25) is 0 Å². The van der Waals surface area contributed by atoms with Crippen LogP contribution in [0.4, 0.5) is 4.79 Å². The van der Waals surface area contributed by atoms with Crippen LogP contribution in [-0.4, -0.2) is 51.5 Å². The summed E-state index contributed by atoms with van der Waals surface area (Å²) in [6, 6.07) is 13.6. The molecule has 2 amide bonds. The Hall–Kier alpha value is -3.48. The number of nitriles is 1. The van der Waals surface area contributed by atoms with Crippen molar-refractivity contribution in [1.82, 2.24) is 20.4 Å². The van der Waals surface area contributed by atoms with Crippen molar-refractivity contribution in [3.8, 4) is 33.0 Å². The molecule has 2 aliphatic rings. The summed E-state index contributed by atoms with van der Waals surface area (Å²) in [5, 5.41) is 32.8. The first-order valence-electron chi connectivity index (χ1n) is 11.8. The van der Waals surface area contributed by atoms with Gasteiger partial charge in [-0.15, -0.1) is 10.2 Å². The third-order valence-electron chi connectivity index (χ3n) is 6.38. The van der Waals surface area contributed by atoms with Crippen LogP contribution in [0.25, 0.3) is 21.1 Å². The second kappa shape index (κ2) is 9.64. The Morgan fingerprint density at radius 1 is 1.26 bits per heavy atom. The molecule has 0 bridgehead atoms. The molecule has 2 atom stereocenters. The lowest BCUT2D eigenvalue weighted by Gasteiger charge is -2.21. The molecule has 0 unspecified atom stereocenters. The van der Waals surface area contributed by atoms with Gasteiger partial charge in [0, 0.05) is 24.2 Å². The maximum atomic E-state index is 12.7. The van der Waals surface area contributed by atoms with Crippen molar-refractivity contribution in [2.24, 2.45) is 0 Å². The van der Waals surface area contributed by atoms with E-state index in [0.29, 0.717) is 30.8 Å². The molecule has 0 spiro atoms. The number of aliphatic hydroxyl groups is 1. The molecular formula is C26H27N5O3S. The number of hydrogen-bond acceptors (Lipinski definition) is 7. The van der Waals surface area contributed by atoms with E-state index in [9.17, 15) is 15.2 Å². The first kappa shape index (κ1) is 23.3. The van der Waals surface area contributed by atoms with E-state index in [1.807, 2.05) is 38.1 Å². The Balaban J connectivity index is 1.37. The van der Waals surface area contributed by atoms with Crippen LogP contribution in [0.3, 0.4) is 0 Å². The van der Waals surface area contributed by atoms with Crippen molar-refractivity contribution in [3.05, 3.63) is 53.1 Å². The molecule has 5 rings (SSSR count).